The van der Waals surface area contributed by atoms with Gasteiger partial charge >= 0.3 is 0 Å². The molecule has 1 aromatic heterocycles. The summed E-state index contributed by atoms with van der Waals surface area (Å²) in [6, 6.07) is 15.8. The van der Waals surface area contributed by atoms with Gasteiger partial charge in [-0.3, -0.25) is 4.79 Å². The van der Waals surface area contributed by atoms with Gasteiger partial charge in [-0.05, 0) is 36.4 Å². The van der Waals surface area contributed by atoms with Gasteiger partial charge in [0.15, 0.2) is 0 Å². The molecule has 1 N–H and O–H groups in total. The average Bonchev–Trinajstić information content (AvgIpc) is 3.12. The van der Waals surface area contributed by atoms with Crippen molar-refractivity contribution in [2.75, 3.05) is 5.32 Å². The number of hydrogen-bond donors (Lipinski definition) is 1. The van der Waals surface area contributed by atoms with Crippen molar-refractivity contribution in [3.8, 4) is 17.4 Å². The van der Waals surface area contributed by atoms with Crippen LogP contribution in [0.25, 0.3) is 17.4 Å². The van der Waals surface area contributed by atoms with Crippen molar-refractivity contribution in [3.63, 3.8) is 0 Å². The molecule has 0 unspecified atom stereocenters. The molecule has 1 amide bonds. The summed E-state index contributed by atoms with van der Waals surface area (Å²) in [5, 5.41) is 12.3. The Morgan fingerprint density at radius 1 is 1.11 bits per heavy atom. The third-order valence-electron chi connectivity index (χ3n) is 3.62. The van der Waals surface area contributed by atoms with Gasteiger partial charge in [0.25, 0.3) is 5.91 Å². The van der Waals surface area contributed by atoms with E-state index in [0.29, 0.717) is 0 Å². The molecular formula is C20H11Cl2FN2O2. The van der Waals surface area contributed by atoms with Crippen molar-refractivity contribution < 1.29 is 13.6 Å². The summed E-state index contributed by atoms with van der Waals surface area (Å²) in [5.41, 5.74) is 0.355. The Labute approximate surface area is 164 Å². The molecule has 0 saturated carbocycles. The lowest BCUT2D eigenvalue weighted by atomic mass is 10.1. The summed E-state index contributed by atoms with van der Waals surface area (Å²) in [4.78, 5) is 12.3. The van der Waals surface area contributed by atoms with E-state index in [1.165, 1.54) is 12.1 Å². The molecule has 4 nitrogen and oxygen atoms in total. The van der Waals surface area contributed by atoms with E-state index in [-0.39, 0.29) is 38.4 Å². The highest BCUT2D eigenvalue weighted by Crippen LogP contribution is 2.30. The van der Waals surface area contributed by atoms with Gasteiger partial charge in [0, 0.05) is 6.08 Å². The van der Waals surface area contributed by atoms with Gasteiger partial charge in [0.05, 0.1) is 21.3 Å². The van der Waals surface area contributed by atoms with E-state index in [4.69, 9.17) is 27.6 Å². The normalized spacial score (nSPS) is 11.1. The minimum Gasteiger partial charge on any atom is -0.457 e. The molecule has 134 valence electrons. The Hall–Kier alpha value is -3.07. The topological polar surface area (TPSA) is 66.0 Å². The molecule has 27 heavy (non-hydrogen) atoms. The summed E-state index contributed by atoms with van der Waals surface area (Å²) < 4.78 is 19.4. The smallest absolute Gasteiger partial charge is 0.266 e. The van der Waals surface area contributed by atoms with Crippen molar-refractivity contribution in [1.82, 2.24) is 0 Å². The van der Waals surface area contributed by atoms with Crippen molar-refractivity contribution in [3.05, 3.63) is 81.8 Å². The number of furan rings is 1. The number of amides is 1. The van der Waals surface area contributed by atoms with Gasteiger partial charge < -0.3 is 9.73 Å². The van der Waals surface area contributed by atoms with Crippen molar-refractivity contribution in [1.29, 1.82) is 5.26 Å². The first-order valence-electron chi connectivity index (χ1n) is 7.71. The van der Waals surface area contributed by atoms with E-state index >= 15 is 0 Å². The maximum atomic E-state index is 13.8. The highest BCUT2D eigenvalue weighted by atomic mass is 35.5. The first kappa shape index (κ1) is 18.7. The SMILES string of the molecule is N#C/C(=C\c1ccc(-c2ccccc2F)o1)C(=O)Nc1cccc(Cl)c1Cl. The van der Waals surface area contributed by atoms with Gasteiger partial charge in [-0.2, -0.15) is 5.26 Å². The molecule has 0 fully saturated rings. The fraction of sp³-hybridized carbons (Fsp3) is 0. The first-order valence-corrected chi connectivity index (χ1v) is 8.47. The molecule has 0 spiro atoms. The predicted molar refractivity (Wildman–Crippen MR) is 103 cm³/mol. The van der Waals surface area contributed by atoms with Gasteiger partial charge in [0.2, 0.25) is 0 Å². The molecule has 3 aromatic rings. The second-order valence-corrected chi connectivity index (χ2v) is 6.19. The van der Waals surface area contributed by atoms with Gasteiger partial charge in [-0.25, -0.2) is 4.39 Å². The van der Waals surface area contributed by atoms with Crippen LogP contribution in [0.2, 0.25) is 10.0 Å². The zero-order valence-electron chi connectivity index (χ0n) is 13.7. The molecule has 2 aromatic carbocycles. The molecule has 0 aliphatic carbocycles. The molecule has 0 aliphatic heterocycles. The maximum absolute atomic E-state index is 13.8. The van der Waals surface area contributed by atoms with Crippen LogP contribution in [-0.4, -0.2) is 5.91 Å². The second-order valence-electron chi connectivity index (χ2n) is 5.41. The summed E-state index contributed by atoms with van der Waals surface area (Å²) in [6.07, 6.45) is 1.26. The number of carbonyl (C=O) groups excluding carboxylic acids is 1. The molecular weight excluding hydrogens is 390 g/mol. The number of nitrogens with zero attached hydrogens (tertiary/aromatic N) is 1. The average molecular weight is 401 g/mol. The van der Waals surface area contributed by atoms with E-state index in [0.717, 1.165) is 0 Å². The van der Waals surface area contributed by atoms with E-state index in [1.807, 2.05) is 0 Å². The summed E-state index contributed by atoms with van der Waals surface area (Å²) in [6.45, 7) is 0. The molecule has 0 bridgehead atoms. The molecule has 0 atom stereocenters. The zero-order chi connectivity index (χ0) is 19.4. The van der Waals surface area contributed by atoms with Crippen molar-refractivity contribution in [2.24, 2.45) is 0 Å². The van der Waals surface area contributed by atoms with E-state index in [9.17, 15) is 14.4 Å². The van der Waals surface area contributed by atoms with Crippen molar-refractivity contribution in [2.45, 2.75) is 0 Å². The van der Waals surface area contributed by atoms with Crippen molar-refractivity contribution >= 4 is 40.9 Å². The quantitative estimate of drug-likeness (QED) is 0.435. The van der Waals surface area contributed by atoms with Gasteiger partial charge in [-0.1, -0.05) is 41.4 Å². The van der Waals surface area contributed by atoms with Crippen LogP contribution < -0.4 is 5.32 Å². The Balaban J connectivity index is 1.85. The molecule has 3 rings (SSSR count). The molecule has 0 saturated heterocycles. The largest absolute Gasteiger partial charge is 0.457 e. The van der Waals surface area contributed by atoms with E-state index < -0.39 is 11.7 Å². The number of anilines is 1. The lowest BCUT2D eigenvalue weighted by Crippen LogP contribution is -2.13. The third-order valence-corrected chi connectivity index (χ3v) is 4.44. The predicted octanol–water partition coefficient (Wildman–Crippen LogP) is 5.94. The Bertz CT molecular complexity index is 1080. The van der Waals surface area contributed by atoms with Gasteiger partial charge in [0.1, 0.15) is 29.0 Å². The summed E-state index contributed by atoms with van der Waals surface area (Å²) >= 11 is 11.9. The highest BCUT2D eigenvalue weighted by molar-refractivity contribution is 6.44. The third kappa shape index (κ3) is 4.20. The van der Waals surface area contributed by atoms with E-state index in [1.54, 1.807) is 54.6 Å². The molecule has 0 radical (unpaired) electrons. The van der Waals surface area contributed by atoms with Gasteiger partial charge in [-0.15, -0.1) is 0 Å². The number of benzene rings is 2. The van der Waals surface area contributed by atoms with Crippen LogP contribution in [0.15, 0.2) is 64.6 Å². The van der Waals surface area contributed by atoms with Crippen LogP contribution in [-0.2, 0) is 4.79 Å². The van der Waals surface area contributed by atoms with Crippen LogP contribution in [0.5, 0.6) is 0 Å². The number of rotatable bonds is 4. The number of halogens is 3. The second kappa shape index (κ2) is 8.09. The van der Waals surface area contributed by atoms with Crippen LogP contribution in [0.3, 0.4) is 0 Å². The number of hydrogen-bond acceptors (Lipinski definition) is 3. The number of nitrogens with one attached hydrogen (secondary N) is 1. The lowest BCUT2D eigenvalue weighted by molar-refractivity contribution is -0.112. The van der Waals surface area contributed by atoms with Crippen LogP contribution >= 0.6 is 23.2 Å². The van der Waals surface area contributed by atoms with Crippen LogP contribution in [0, 0.1) is 17.1 Å². The highest BCUT2D eigenvalue weighted by Gasteiger charge is 2.14. The minimum atomic E-state index is -0.675. The Morgan fingerprint density at radius 3 is 2.63 bits per heavy atom. The number of nitriles is 1. The molecule has 1 heterocycles. The number of carbonyl (C=O) groups is 1. The standard InChI is InChI=1S/C20H11Cl2FN2O2/c21-15-5-3-7-17(19(15)22)25-20(26)12(11-24)10-13-8-9-18(27-13)14-4-1-2-6-16(14)23/h1-10H,(H,25,26)/b12-10+. The van der Waals surface area contributed by atoms with Crippen LogP contribution in [0.4, 0.5) is 10.1 Å². The lowest BCUT2D eigenvalue weighted by Gasteiger charge is -2.07. The van der Waals surface area contributed by atoms with E-state index in [2.05, 4.69) is 5.32 Å². The van der Waals surface area contributed by atoms with Crippen LogP contribution in [0.1, 0.15) is 5.76 Å². The zero-order valence-corrected chi connectivity index (χ0v) is 15.2. The fourth-order valence-corrected chi connectivity index (χ4v) is 2.66. The Morgan fingerprint density at radius 2 is 1.89 bits per heavy atom. The maximum Gasteiger partial charge on any atom is 0.266 e. The molecule has 0 aliphatic rings. The fourth-order valence-electron chi connectivity index (χ4n) is 2.32. The first-order chi connectivity index (χ1) is 13.0. The monoisotopic (exact) mass is 400 g/mol. The summed E-state index contributed by atoms with van der Waals surface area (Å²) in [7, 11) is 0. The Kier molecular flexibility index (Phi) is 5.60. The summed E-state index contributed by atoms with van der Waals surface area (Å²) in [5.74, 6) is -0.589. The minimum absolute atomic E-state index is 0.171. The molecule has 7 heteroatoms.